The van der Waals surface area contributed by atoms with Gasteiger partial charge in [-0.3, -0.25) is 9.78 Å². The molecule has 5 atom stereocenters. The number of alkyl halides is 3. The number of hydrogen-bond acceptors (Lipinski definition) is 11. The number of aromatic nitrogens is 5. The molecule has 1 aliphatic carbocycles. The Bertz CT molecular complexity index is 2160. The van der Waals surface area contributed by atoms with Gasteiger partial charge < -0.3 is 40.6 Å². The van der Waals surface area contributed by atoms with Gasteiger partial charge in [-0.05, 0) is 41.7 Å². The Kier molecular flexibility index (Phi) is 12.0. The molecule has 58 heavy (non-hydrogen) atoms. The molecule has 18 heteroatoms. The van der Waals surface area contributed by atoms with Crippen molar-refractivity contribution in [3.8, 4) is 0 Å². The zero-order valence-corrected chi connectivity index (χ0v) is 31.5. The van der Waals surface area contributed by atoms with Crippen LogP contribution < -0.4 is 26.2 Å². The summed E-state index contributed by atoms with van der Waals surface area (Å²) in [5, 5.41) is 23.2. The number of nitrogens with one attached hydrogen (secondary N) is 4. The van der Waals surface area contributed by atoms with Crippen LogP contribution in [-0.2, 0) is 20.9 Å². The Morgan fingerprint density at radius 3 is 2.31 bits per heavy atom. The molecule has 5 N–H and O–H groups in total. The molecule has 0 spiro atoms. The number of aliphatic hydroxyl groups is 1. The molecule has 1 saturated carbocycles. The van der Waals surface area contributed by atoms with Crippen molar-refractivity contribution in [3.05, 3.63) is 108 Å². The number of nitrogens with zero attached hydrogens (tertiary/aromatic N) is 6. The number of hydrogen-bond donors (Lipinski definition) is 5. The summed E-state index contributed by atoms with van der Waals surface area (Å²) in [4.78, 5) is 57.6. The molecular formula is C40H43F3N10O5. The van der Waals surface area contributed by atoms with Crippen molar-refractivity contribution >= 4 is 40.8 Å². The summed E-state index contributed by atoms with van der Waals surface area (Å²) < 4.78 is 46.9. The molecule has 0 radical (unpaired) electrons. The van der Waals surface area contributed by atoms with E-state index in [-0.39, 0.29) is 47.9 Å². The van der Waals surface area contributed by atoms with Crippen molar-refractivity contribution in [2.75, 3.05) is 29.9 Å². The number of carbonyl (C=O) groups excluding carboxylic acids is 3. The summed E-state index contributed by atoms with van der Waals surface area (Å²) in [7, 11) is 0. The molecule has 15 nitrogen and oxygen atoms in total. The third-order valence-corrected chi connectivity index (χ3v) is 10.4. The lowest BCUT2D eigenvalue weighted by molar-refractivity contribution is -0.209. The van der Waals surface area contributed by atoms with Crippen LogP contribution in [0.25, 0.3) is 11.2 Å². The van der Waals surface area contributed by atoms with Crippen LogP contribution in [0.2, 0.25) is 0 Å². The third-order valence-electron chi connectivity index (χ3n) is 10.4. The fourth-order valence-electron chi connectivity index (χ4n) is 7.44. The van der Waals surface area contributed by atoms with Crippen LogP contribution >= 0.6 is 0 Å². The number of fused-ring (bicyclic) bond motifs is 1. The number of esters is 1. The largest absolute Gasteiger partial charge is 0.490 e. The number of urea groups is 1. The maximum Gasteiger partial charge on any atom is 0.490 e. The molecule has 4 heterocycles. The van der Waals surface area contributed by atoms with Crippen molar-refractivity contribution in [1.82, 2.24) is 40.5 Å². The maximum atomic E-state index is 13.5. The Hall–Kier alpha value is -6.30. The number of imidazole rings is 1. The molecule has 3 amide bonds. The second-order valence-electron chi connectivity index (χ2n) is 14.3. The predicted molar refractivity (Wildman–Crippen MR) is 207 cm³/mol. The van der Waals surface area contributed by atoms with Gasteiger partial charge in [0.15, 0.2) is 23.1 Å². The van der Waals surface area contributed by atoms with Crippen molar-refractivity contribution in [3.63, 3.8) is 0 Å². The minimum Gasteiger partial charge on any atom is -0.451 e. The number of halogens is 3. The standard InChI is InChI=1S/C40H43F3N10O5/c1-2-31(54)49-29-19-30(34(33(29)55)58-37(56)40(41,42)43)53-23-47-32-35(45-21-28(25-9-5-3-6-10-25)26-11-7-4-8-12-26)50-38(51-36(32)53)52-18-15-27(22-52)48-39(57)46-20-24-13-16-44-17-14-24/h3-14,16-17,23,27-30,33-34,55H,2,15,18-22H2,1H3,(H,49,54)(H,45,50,51)(H2,46,48,57)/t27-,29+,30-,33-,34+/m1/s1. The molecule has 1 saturated heterocycles. The first-order valence-corrected chi connectivity index (χ1v) is 19.0. The molecule has 0 unspecified atom stereocenters. The lowest BCUT2D eigenvalue weighted by atomic mass is 9.91. The van der Waals surface area contributed by atoms with Crippen molar-refractivity contribution in [2.45, 2.75) is 75.2 Å². The Morgan fingerprint density at radius 1 is 0.966 bits per heavy atom. The summed E-state index contributed by atoms with van der Waals surface area (Å²) >= 11 is 0. The first kappa shape index (κ1) is 39.9. The van der Waals surface area contributed by atoms with Crippen LogP contribution in [0.4, 0.5) is 29.7 Å². The van der Waals surface area contributed by atoms with Crippen LogP contribution in [0.3, 0.4) is 0 Å². The number of amides is 3. The van der Waals surface area contributed by atoms with Gasteiger partial charge in [0.25, 0.3) is 0 Å². The van der Waals surface area contributed by atoms with Crippen LogP contribution in [-0.4, -0.2) is 97.6 Å². The van der Waals surface area contributed by atoms with E-state index in [9.17, 15) is 32.7 Å². The Balaban J connectivity index is 1.21. The highest BCUT2D eigenvalue weighted by atomic mass is 19.4. The molecule has 7 rings (SSSR count). The molecule has 0 bridgehead atoms. The molecule has 3 aromatic heterocycles. The Labute approximate surface area is 331 Å². The summed E-state index contributed by atoms with van der Waals surface area (Å²) in [5.74, 6) is -2.44. The van der Waals surface area contributed by atoms with E-state index < -0.39 is 42.3 Å². The highest BCUT2D eigenvalue weighted by Crippen LogP contribution is 2.38. The summed E-state index contributed by atoms with van der Waals surface area (Å²) in [6.45, 7) is 3.09. The molecule has 2 fully saturated rings. The topological polar surface area (TPSA) is 189 Å². The minimum atomic E-state index is -5.33. The van der Waals surface area contributed by atoms with Gasteiger partial charge in [-0.25, -0.2) is 14.6 Å². The summed E-state index contributed by atoms with van der Waals surface area (Å²) in [6, 6.07) is 20.7. The number of aliphatic hydroxyl groups excluding tert-OH is 1. The van der Waals surface area contributed by atoms with Gasteiger partial charge in [0.2, 0.25) is 11.9 Å². The summed E-state index contributed by atoms with van der Waals surface area (Å²) in [6.07, 6.45) is -3.53. The number of anilines is 2. The van der Waals surface area contributed by atoms with Crippen LogP contribution in [0.1, 0.15) is 54.8 Å². The SMILES string of the molecule is CCC(=O)N[C@H]1C[C@@H](n2cnc3c(NCC(c4ccccc4)c4ccccc4)nc(N4CC[C@@H](NC(=O)NCc5ccncc5)C4)nc32)[C@H](OC(=O)C(F)(F)F)[C@@H]1O. The normalized spacial score (nSPS) is 20.6. The minimum absolute atomic E-state index is 0.0611. The van der Waals surface area contributed by atoms with Crippen LogP contribution in [0.5, 0.6) is 0 Å². The average Bonchev–Trinajstić information content (AvgIpc) is 3.95. The van der Waals surface area contributed by atoms with E-state index in [0.29, 0.717) is 38.4 Å². The summed E-state index contributed by atoms with van der Waals surface area (Å²) in [5.41, 5.74) is 3.46. The van der Waals surface area contributed by atoms with Crippen molar-refractivity contribution in [2.24, 2.45) is 0 Å². The number of ether oxygens (including phenoxy) is 1. The van der Waals surface area contributed by atoms with E-state index in [1.54, 1.807) is 31.5 Å². The lowest BCUT2D eigenvalue weighted by Gasteiger charge is -2.25. The maximum absolute atomic E-state index is 13.5. The molecule has 2 aliphatic rings. The third kappa shape index (κ3) is 9.12. The highest BCUT2D eigenvalue weighted by molar-refractivity contribution is 5.85. The number of carbonyl (C=O) groups is 3. The number of rotatable bonds is 13. The van der Waals surface area contributed by atoms with Gasteiger partial charge in [-0.2, -0.15) is 23.1 Å². The first-order valence-electron chi connectivity index (χ1n) is 19.0. The molecule has 304 valence electrons. The van der Waals surface area contributed by atoms with Gasteiger partial charge in [-0.15, -0.1) is 0 Å². The second-order valence-corrected chi connectivity index (χ2v) is 14.3. The molecule has 2 aromatic carbocycles. The zero-order valence-electron chi connectivity index (χ0n) is 31.5. The monoisotopic (exact) mass is 800 g/mol. The average molecular weight is 801 g/mol. The highest BCUT2D eigenvalue weighted by Gasteiger charge is 2.51. The van der Waals surface area contributed by atoms with Gasteiger partial charge in [0, 0.05) is 57.0 Å². The number of pyridine rings is 1. The van der Waals surface area contributed by atoms with Gasteiger partial charge in [0.1, 0.15) is 6.10 Å². The van der Waals surface area contributed by atoms with Crippen LogP contribution in [0.15, 0.2) is 91.5 Å². The van der Waals surface area contributed by atoms with E-state index in [1.165, 1.54) is 10.9 Å². The smallest absolute Gasteiger partial charge is 0.451 e. The predicted octanol–water partition coefficient (Wildman–Crippen LogP) is 4.22. The first-order chi connectivity index (χ1) is 28.0. The van der Waals surface area contributed by atoms with Gasteiger partial charge in [0.05, 0.1) is 18.4 Å². The van der Waals surface area contributed by atoms with Crippen LogP contribution in [0, 0.1) is 0 Å². The Morgan fingerprint density at radius 2 is 1.66 bits per heavy atom. The fraction of sp³-hybridized carbons (Fsp3) is 0.375. The van der Waals surface area contributed by atoms with Gasteiger partial charge in [-0.1, -0.05) is 67.6 Å². The van der Waals surface area contributed by atoms with Crippen molar-refractivity contribution in [1.29, 1.82) is 0 Å². The molecule has 5 aromatic rings. The lowest BCUT2D eigenvalue weighted by Crippen LogP contribution is -2.45. The molecular weight excluding hydrogens is 757 g/mol. The van der Waals surface area contributed by atoms with E-state index in [0.717, 1.165) is 16.7 Å². The second kappa shape index (κ2) is 17.5. The van der Waals surface area contributed by atoms with Gasteiger partial charge >= 0.3 is 18.2 Å². The van der Waals surface area contributed by atoms with E-state index in [4.69, 9.17) is 14.7 Å². The quantitative estimate of drug-likeness (QED) is 0.107. The number of benzene rings is 2. The van der Waals surface area contributed by atoms with E-state index >= 15 is 0 Å². The fourth-order valence-corrected chi connectivity index (χ4v) is 7.44. The van der Waals surface area contributed by atoms with E-state index in [2.05, 4.69) is 31.2 Å². The van der Waals surface area contributed by atoms with Crippen molar-refractivity contribution < 1.29 is 37.4 Å². The van der Waals surface area contributed by atoms with E-state index in [1.807, 2.05) is 65.6 Å². The molecule has 1 aliphatic heterocycles. The zero-order chi connectivity index (χ0) is 40.8.